The molecule has 1 saturated carbocycles. The van der Waals surface area contributed by atoms with Gasteiger partial charge in [0.1, 0.15) is 0 Å². The molecular formula is C15H14ClNO2. The van der Waals surface area contributed by atoms with E-state index in [-0.39, 0.29) is 11.3 Å². The largest absolute Gasteiger partial charge is 0.481 e. The number of allylic oxidation sites excluding steroid dienone is 2. The lowest BCUT2D eigenvalue weighted by Gasteiger charge is -2.01. The van der Waals surface area contributed by atoms with Gasteiger partial charge in [-0.05, 0) is 29.0 Å². The van der Waals surface area contributed by atoms with Gasteiger partial charge in [0.25, 0.3) is 0 Å². The van der Waals surface area contributed by atoms with Gasteiger partial charge in [0.05, 0.1) is 17.6 Å². The molecule has 3 nitrogen and oxygen atoms in total. The molecule has 1 fully saturated rings. The molecule has 0 amide bonds. The zero-order valence-electron chi connectivity index (χ0n) is 10.7. The third kappa shape index (κ3) is 2.50. The summed E-state index contributed by atoms with van der Waals surface area (Å²) in [5.74, 6) is -1.34. The summed E-state index contributed by atoms with van der Waals surface area (Å²) in [6.45, 7) is 3.81. The van der Waals surface area contributed by atoms with E-state index in [1.54, 1.807) is 30.3 Å². The van der Waals surface area contributed by atoms with Crippen molar-refractivity contribution >= 4 is 23.1 Å². The zero-order valence-corrected chi connectivity index (χ0v) is 11.5. The molecule has 0 aliphatic heterocycles. The van der Waals surface area contributed by atoms with Crippen LogP contribution in [0.4, 0.5) is 0 Å². The Bertz CT molecular complexity index is 598. The smallest absolute Gasteiger partial charge is 0.307 e. The van der Waals surface area contributed by atoms with Crippen LogP contribution >= 0.6 is 11.6 Å². The van der Waals surface area contributed by atoms with E-state index >= 15 is 0 Å². The molecule has 0 bridgehead atoms. The fraction of sp³-hybridized carbons (Fsp3) is 0.333. The second-order valence-corrected chi connectivity index (χ2v) is 5.80. The van der Waals surface area contributed by atoms with Crippen LogP contribution in [0.5, 0.6) is 0 Å². The highest BCUT2D eigenvalue weighted by atomic mass is 35.5. The van der Waals surface area contributed by atoms with E-state index in [9.17, 15) is 10.1 Å². The fourth-order valence-electron chi connectivity index (χ4n) is 2.49. The normalized spacial score (nSPS) is 24.6. The van der Waals surface area contributed by atoms with Crippen LogP contribution in [-0.4, -0.2) is 11.1 Å². The Morgan fingerprint density at radius 3 is 2.68 bits per heavy atom. The lowest BCUT2D eigenvalue weighted by atomic mass is 10.0. The molecule has 0 radical (unpaired) electrons. The van der Waals surface area contributed by atoms with Gasteiger partial charge in [-0.3, -0.25) is 4.79 Å². The summed E-state index contributed by atoms with van der Waals surface area (Å²) in [5, 5.41) is 18.9. The highest BCUT2D eigenvalue weighted by molar-refractivity contribution is 6.30. The van der Waals surface area contributed by atoms with Crippen molar-refractivity contribution in [2.45, 2.75) is 13.8 Å². The Labute approximate surface area is 117 Å². The number of nitriles is 1. The Kier molecular flexibility index (Phi) is 3.38. The minimum Gasteiger partial charge on any atom is -0.481 e. The molecule has 98 valence electrons. The van der Waals surface area contributed by atoms with Crippen molar-refractivity contribution < 1.29 is 9.90 Å². The van der Waals surface area contributed by atoms with Crippen LogP contribution in [0.2, 0.25) is 5.02 Å². The van der Waals surface area contributed by atoms with Crippen molar-refractivity contribution in [3.63, 3.8) is 0 Å². The number of carbonyl (C=O) groups is 1. The van der Waals surface area contributed by atoms with Gasteiger partial charge in [0.2, 0.25) is 0 Å². The number of hydrogen-bond acceptors (Lipinski definition) is 2. The van der Waals surface area contributed by atoms with E-state index < -0.39 is 11.9 Å². The number of carboxylic acids is 1. The Morgan fingerprint density at radius 1 is 1.53 bits per heavy atom. The monoisotopic (exact) mass is 275 g/mol. The Balaban J connectivity index is 2.32. The average molecular weight is 276 g/mol. The number of aliphatic carboxylic acids is 1. The fourth-order valence-corrected chi connectivity index (χ4v) is 2.68. The number of rotatable bonds is 3. The molecule has 2 rings (SSSR count). The predicted molar refractivity (Wildman–Crippen MR) is 73.4 cm³/mol. The molecule has 0 heterocycles. The topological polar surface area (TPSA) is 61.1 Å². The van der Waals surface area contributed by atoms with E-state index in [0.717, 1.165) is 5.56 Å². The van der Waals surface area contributed by atoms with Gasteiger partial charge < -0.3 is 5.11 Å². The van der Waals surface area contributed by atoms with Crippen molar-refractivity contribution in [2.75, 3.05) is 0 Å². The third-order valence-corrected chi connectivity index (χ3v) is 4.01. The SMILES string of the molecule is CC1(C)C(/C=C(\C#N)c2cccc(Cl)c2)C1C(=O)O. The quantitative estimate of drug-likeness (QED) is 0.857. The maximum atomic E-state index is 11.1. The molecule has 2 unspecified atom stereocenters. The van der Waals surface area contributed by atoms with Crippen LogP contribution in [0.25, 0.3) is 5.57 Å². The van der Waals surface area contributed by atoms with Gasteiger partial charge in [0, 0.05) is 5.02 Å². The van der Waals surface area contributed by atoms with Gasteiger partial charge >= 0.3 is 5.97 Å². The number of halogens is 1. The number of hydrogen-bond donors (Lipinski definition) is 1. The Hall–Kier alpha value is -1.79. The molecular weight excluding hydrogens is 262 g/mol. The highest BCUT2D eigenvalue weighted by Crippen LogP contribution is 2.59. The molecule has 19 heavy (non-hydrogen) atoms. The third-order valence-electron chi connectivity index (χ3n) is 3.78. The van der Waals surface area contributed by atoms with Crippen molar-refractivity contribution in [1.29, 1.82) is 5.26 Å². The van der Waals surface area contributed by atoms with Crippen molar-refractivity contribution in [2.24, 2.45) is 17.3 Å². The summed E-state index contributed by atoms with van der Waals surface area (Å²) in [7, 11) is 0. The summed E-state index contributed by atoms with van der Waals surface area (Å²) in [6.07, 6.45) is 1.75. The maximum Gasteiger partial charge on any atom is 0.307 e. The minimum absolute atomic E-state index is 0.112. The van der Waals surface area contributed by atoms with Crippen LogP contribution < -0.4 is 0 Å². The number of carboxylic acid groups (broad SMARTS) is 1. The van der Waals surface area contributed by atoms with Crippen molar-refractivity contribution in [1.82, 2.24) is 0 Å². The minimum atomic E-state index is -0.811. The number of nitrogens with zero attached hydrogens (tertiary/aromatic N) is 1. The molecule has 2 atom stereocenters. The summed E-state index contributed by atoms with van der Waals surface area (Å²) in [5.41, 5.74) is 0.901. The van der Waals surface area contributed by atoms with Crippen LogP contribution in [0.15, 0.2) is 30.3 Å². The second-order valence-electron chi connectivity index (χ2n) is 5.37. The van der Waals surface area contributed by atoms with Crippen LogP contribution in [-0.2, 0) is 4.79 Å². The van der Waals surface area contributed by atoms with Gasteiger partial charge in [-0.1, -0.05) is 43.7 Å². The lowest BCUT2D eigenvalue weighted by molar-refractivity contribution is -0.139. The first-order chi connectivity index (χ1) is 8.87. The van der Waals surface area contributed by atoms with E-state index in [2.05, 4.69) is 6.07 Å². The molecule has 0 saturated heterocycles. The summed E-state index contributed by atoms with van der Waals surface area (Å²) < 4.78 is 0. The summed E-state index contributed by atoms with van der Waals surface area (Å²) in [6, 6.07) is 9.14. The molecule has 1 N–H and O–H groups in total. The summed E-state index contributed by atoms with van der Waals surface area (Å²) >= 11 is 5.90. The van der Waals surface area contributed by atoms with Crippen LogP contribution in [0.1, 0.15) is 19.4 Å². The maximum absolute atomic E-state index is 11.1. The predicted octanol–water partition coefficient (Wildman–Crippen LogP) is 3.60. The van der Waals surface area contributed by atoms with E-state index in [0.29, 0.717) is 10.6 Å². The number of benzene rings is 1. The van der Waals surface area contributed by atoms with Crippen molar-refractivity contribution in [3.8, 4) is 6.07 Å². The first-order valence-electron chi connectivity index (χ1n) is 5.98. The van der Waals surface area contributed by atoms with E-state index in [1.807, 2.05) is 13.8 Å². The molecule has 1 aliphatic carbocycles. The van der Waals surface area contributed by atoms with Gasteiger partial charge in [0.15, 0.2) is 0 Å². The summed E-state index contributed by atoms with van der Waals surface area (Å²) in [4.78, 5) is 11.1. The molecule has 4 heteroatoms. The van der Waals surface area contributed by atoms with E-state index in [4.69, 9.17) is 16.7 Å². The highest BCUT2D eigenvalue weighted by Gasteiger charge is 2.61. The first-order valence-corrected chi connectivity index (χ1v) is 6.36. The van der Waals surface area contributed by atoms with Gasteiger partial charge in [-0.15, -0.1) is 0 Å². The van der Waals surface area contributed by atoms with Crippen LogP contribution in [0, 0.1) is 28.6 Å². The Morgan fingerprint density at radius 2 is 2.21 bits per heavy atom. The van der Waals surface area contributed by atoms with Gasteiger partial charge in [-0.25, -0.2) is 0 Å². The van der Waals surface area contributed by atoms with Crippen LogP contribution in [0.3, 0.4) is 0 Å². The lowest BCUT2D eigenvalue weighted by Crippen LogP contribution is -2.03. The van der Waals surface area contributed by atoms with Gasteiger partial charge in [-0.2, -0.15) is 5.26 Å². The zero-order chi connectivity index (χ0) is 14.2. The standard InChI is InChI=1S/C15H14ClNO2/c1-15(2)12(13(15)14(18)19)7-10(8-17)9-4-3-5-11(16)6-9/h3-7,12-13H,1-2H3,(H,18,19)/b10-7+. The van der Waals surface area contributed by atoms with Crippen molar-refractivity contribution in [3.05, 3.63) is 40.9 Å². The first kappa shape index (κ1) is 13.6. The second kappa shape index (κ2) is 4.71. The molecule has 1 aliphatic rings. The average Bonchev–Trinajstić information content (AvgIpc) is 2.87. The molecule has 1 aromatic carbocycles. The molecule has 1 aromatic rings. The molecule has 0 spiro atoms. The molecule has 0 aromatic heterocycles. The van der Waals surface area contributed by atoms with E-state index in [1.165, 1.54) is 0 Å².